The van der Waals surface area contributed by atoms with E-state index in [0.717, 1.165) is 11.3 Å². The summed E-state index contributed by atoms with van der Waals surface area (Å²) in [5, 5.41) is 16.6. The molecule has 0 spiro atoms. The summed E-state index contributed by atoms with van der Waals surface area (Å²) in [6, 6.07) is 16.7. The fourth-order valence-electron chi connectivity index (χ4n) is 2.79. The molecule has 0 atom stereocenters. The largest absolute Gasteiger partial charge is 0.471 e. The second-order valence-electron chi connectivity index (χ2n) is 6.57. The molecule has 10 heteroatoms. The second kappa shape index (κ2) is 9.82. The standard InChI is InChI=1S/C21H18Cl2N6OS/c22-16-5-3-6-18(10-16)30-14-29-13-17(11-24-29)25-21(31)26-20-8-9-28(27-20)12-15-4-1-2-7-19(15)23/h1-11,13H,12,14H2,(H2,25,26,27,31). The van der Waals surface area contributed by atoms with E-state index in [4.69, 9.17) is 40.2 Å². The average Bonchev–Trinajstić information content (AvgIpc) is 3.37. The molecule has 2 N–H and O–H groups in total. The zero-order valence-corrected chi connectivity index (χ0v) is 18.5. The van der Waals surface area contributed by atoms with Gasteiger partial charge in [-0.15, -0.1) is 0 Å². The predicted molar refractivity (Wildman–Crippen MR) is 127 cm³/mol. The molecule has 0 saturated carbocycles. The highest BCUT2D eigenvalue weighted by atomic mass is 35.5. The molecule has 2 aromatic carbocycles. The Morgan fingerprint density at radius 2 is 1.90 bits per heavy atom. The van der Waals surface area contributed by atoms with Crippen LogP contribution in [0.1, 0.15) is 5.56 Å². The summed E-state index contributed by atoms with van der Waals surface area (Å²) in [6.07, 6.45) is 5.30. The van der Waals surface area contributed by atoms with E-state index in [0.29, 0.717) is 33.3 Å². The molecule has 2 aromatic heterocycles. The number of hydrogen-bond donors (Lipinski definition) is 2. The summed E-state index contributed by atoms with van der Waals surface area (Å²) < 4.78 is 9.10. The number of thiocarbonyl (C=S) groups is 1. The molecule has 158 valence electrons. The van der Waals surface area contributed by atoms with Crippen molar-refractivity contribution < 1.29 is 4.74 Å². The minimum Gasteiger partial charge on any atom is -0.471 e. The first kappa shape index (κ1) is 21.2. The molecular weight excluding hydrogens is 455 g/mol. The fraction of sp³-hybridized carbons (Fsp3) is 0.0952. The summed E-state index contributed by atoms with van der Waals surface area (Å²) in [5.74, 6) is 1.29. The predicted octanol–water partition coefficient (Wildman–Crippen LogP) is 5.28. The van der Waals surface area contributed by atoms with E-state index in [-0.39, 0.29) is 6.73 Å². The minimum absolute atomic E-state index is 0.245. The highest BCUT2D eigenvalue weighted by Crippen LogP contribution is 2.18. The summed E-state index contributed by atoms with van der Waals surface area (Å²) in [7, 11) is 0. The van der Waals surface area contributed by atoms with Gasteiger partial charge in [-0.3, -0.25) is 4.68 Å². The van der Waals surface area contributed by atoms with Crippen LogP contribution < -0.4 is 15.4 Å². The van der Waals surface area contributed by atoms with Gasteiger partial charge in [-0.25, -0.2) is 4.68 Å². The van der Waals surface area contributed by atoms with Crippen molar-refractivity contribution in [1.82, 2.24) is 19.6 Å². The molecule has 0 radical (unpaired) electrons. The van der Waals surface area contributed by atoms with Crippen LogP contribution in [0.5, 0.6) is 5.75 Å². The van der Waals surface area contributed by atoms with Gasteiger partial charge in [0.05, 0.1) is 24.6 Å². The Hall–Kier alpha value is -3.07. The van der Waals surface area contributed by atoms with Gasteiger partial charge in [0.25, 0.3) is 0 Å². The summed E-state index contributed by atoms with van der Waals surface area (Å²) in [5.41, 5.74) is 1.72. The lowest BCUT2D eigenvalue weighted by Gasteiger charge is -2.07. The highest BCUT2D eigenvalue weighted by Gasteiger charge is 2.06. The molecule has 31 heavy (non-hydrogen) atoms. The van der Waals surface area contributed by atoms with Gasteiger partial charge in [0.15, 0.2) is 17.7 Å². The Bertz CT molecular complexity index is 1190. The quantitative estimate of drug-likeness (QED) is 0.356. The molecule has 0 bridgehead atoms. The van der Waals surface area contributed by atoms with E-state index >= 15 is 0 Å². The molecule has 4 aromatic rings. The van der Waals surface area contributed by atoms with E-state index in [1.165, 1.54) is 0 Å². The lowest BCUT2D eigenvalue weighted by molar-refractivity contribution is 0.221. The van der Waals surface area contributed by atoms with Gasteiger partial charge in [0.2, 0.25) is 0 Å². The molecule has 0 amide bonds. The van der Waals surface area contributed by atoms with Crippen LogP contribution in [0, 0.1) is 0 Å². The van der Waals surface area contributed by atoms with Crippen molar-refractivity contribution in [3.8, 4) is 5.75 Å². The Kier molecular flexibility index (Phi) is 6.71. The van der Waals surface area contributed by atoms with Gasteiger partial charge in [-0.1, -0.05) is 47.5 Å². The number of aromatic nitrogens is 4. The average molecular weight is 473 g/mol. The van der Waals surface area contributed by atoms with Crippen LogP contribution in [-0.2, 0) is 13.3 Å². The third kappa shape index (κ3) is 5.97. The first-order valence-electron chi connectivity index (χ1n) is 9.31. The Morgan fingerprint density at radius 1 is 1.03 bits per heavy atom. The number of nitrogens with zero attached hydrogens (tertiary/aromatic N) is 4. The number of hydrogen-bond acceptors (Lipinski definition) is 4. The zero-order chi connectivity index (χ0) is 21.6. The van der Waals surface area contributed by atoms with Crippen LogP contribution >= 0.6 is 35.4 Å². The van der Waals surface area contributed by atoms with Crippen molar-refractivity contribution in [2.75, 3.05) is 10.6 Å². The first-order chi connectivity index (χ1) is 15.0. The molecule has 2 heterocycles. The lowest BCUT2D eigenvalue weighted by atomic mass is 10.2. The molecule has 0 unspecified atom stereocenters. The third-order valence-corrected chi connectivity index (χ3v) is 5.03. The summed E-state index contributed by atoms with van der Waals surface area (Å²) in [4.78, 5) is 0. The van der Waals surface area contributed by atoms with Crippen LogP contribution in [0.3, 0.4) is 0 Å². The van der Waals surface area contributed by atoms with Gasteiger partial charge >= 0.3 is 0 Å². The molecule has 0 saturated heterocycles. The van der Waals surface area contributed by atoms with E-state index in [2.05, 4.69) is 20.8 Å². The van der Waals surface area contributed by atoms with Crippen LogP contribution in [0.4, 0.5) is 11.5 Å². The maximum absolute atomic E-state index is 6.21. The van der Waals surface area contributed by atoms with Crippen molar-refractivity contribution in [1.29, 1.82) is 0 Å². The number of benzene rings is 2. The van der Waals surface area contributed by atoms with Crippen LogP contribution in [0.25, 0.3) is 0 Å². The normalized spacial score (nSPS) is 10.6. The first-order valence-corrected chi connectivity index (χ1v) is 10.5. The summed E-state index contributed by atoms with van der Waals surface area (Å²) in [6.45, 7) is 0.815. The van der Waals surface area contributed by atoms with Gasteiger partial charge in [-0.05, 0) is 42.0 Å². The summed E-state index contributed by atoms with van der Waals surface area (Å²) >= 11 is 17.5. The van der Waals surface area contributed by atoms with Crippen LogP contribution in [-0.4, -0.2) is 24.7 Å². The van der Waals surface area contributed by atoms with Crippen LogP contribution in [0.2, 0.25) is 10.0 Å². The van der Waals surface area contributed by atoms with Crippen molar-refractivity contribution >= 4 is 52.0 Å². The van der Waals surface area contributed by atoms with Crippen molar-refractivity contribution in [2.45, 2.75) is 13.3 Å². The molecule has 0 aliphatic rings. The Labute approximate surface area is 194 Å². The maximum atomic E-state index is 6.21. The molecular formula is C21H18Cl2N6OS. The van der Waals surface area contributed by atoms with E-state index in [1.807, 2.05) is 48.7 Å². The van der Waals surface area contributed by atoms with E-state index in [1.54, 1.807) is 33.9 Å². The highest BCUT2D eigenvalue weighted by molar-refractivity contribution is 7.80. The van der Waals surface area contributed by atoms with Gasteiger partial charge in [0.1, 0.15) is 5.75 Å². The van der Waals surface area contributed by atoms with Crippen molar-refractivity contribution in [3.05, 3.63) is 88.8 Å². The van der Waals surface area contributed by atoms with Crippen molar-refractivity contribution in [3.63, 3.8) is 0 Å². The molecule has 0 fully saturated rings. The number of nitrogens with one attached hydrogen (secondary N) is 2. The number of ether oxygens (including phenoxy) is 1. The molecule has 0 aliphatic carbocycles. The smallest absolute Gasteiger partial charge is 0.180 e. The van der Waals surface area contributed by atoms with Gasteiger partial charge < -0.3 is 15.4 Å². The topological polar surface area (TPSA) is 68.9 Å². The monoisotopic (exact) mass is 472 g/mol. The third-order valence-electron chi connectivity index (χ3n) is 4.22. The lowest BCUT2D eigenvalue weighted by Crippen LogP contribution is -2.19. The van der Waals surface area contributed by atoms with E-state index in [9.17, 15) is 0 Å². The van der Waals surface area contributed by atoms with Gasteiger partial charge in [0, 0.05) is 22.3 Å². The minimum atomic E-state index is 0.245. The van der Waals surface area contributed by atoms with Gasteiger partial charge in [-0.2, -0.15) is 10.2 Å². The van der Waals surface area contributed by atoms with E-state index < -0.39 is 0 Å². The molecule has 7 nitrogen and oxygen atoms in total. The SMILES string of the molecule is S=C(Nc1cnn(COc2cccc(Cl)c2)c1)Nc1ccn(Cc2ccccc2Cl)n1. The number of anilines is 2. The Morgan fingerprint density at radius 3 is 2.74 bits per heavy atom. The zero-order valence-electron chi connectivity index (χ0n) is 16.2. The number of rotatable bonds is 7. The molecule has 0 aliphatic heterocycles. The Balaban J connectivity index is 1.28. The van der Waals surface area contributed by atoms with Crippen molar-refractivity contribution in [2.24, 2.45) is 0 Å². The van der Waals surface area contributed by atoms with Crippen LogP contribution in [0.15, 0.2) is 73.2 Å². The number of halogens is 2. The maximum Gasteiger partial charge on any atom is 0.180 e. The second-order valence-corrected chi connectivity index (χ2v) is 7.82. The fourth-order valence-corrected chi connectivity index (χ4v) is 3.39. The molecule has 4 rings (SSSR count).